The summed E-state index contributed by atoms with van der Waals surface area (Å²) in [5.41, 5.74) is 42.5. The van der Waals surface area contributed by atoms with Crippen molar-refractivity contribution in [1.82, 2.24) is 31.1 Å². The summed E-state index contributed by atoms with van der Waals surface area (Å²) in [7, 11) is 0. The first-order valence-corrected chi connectivity index (χ1v) is 15.5. The van der Waals surface area contributed by atoms with Crippen molar-refractivity contribution >= 4 is 47.5 Å². The molecule has 0 unspecified atom stereocenters. The summed E-state index contributed by atoms with van der Waals surface area (Å²) in [6, 6.07) is 0. The van der Waals surface area contributed by atoms with Gasteiger partial charge in [0.2, 0.25) is 23.6 Å². The molecule has 4 amide bonds. The van der Waals surface area contributed by atoms with Crippen LogP contribution in [0.5, 0.6) is 0 Å². The second kappa shape index (κ2) is 27.0. The summed E-state index contributed by atoms with van der Waals surface area (Å²) in [6.07, 6.45) is 0.628. The second-order valence-corrected chi connectivity index (χ2v) is 10.3. The smallest absolute Gasteiger partial charge is 0.221 e. The summed E-state index contributed by atoms with van der Waals surface area (Å²) >= 11 is 0. The highest BCUT2D eigenvalue weighted by atomic mass is 16.2. The third-order valence-electron chi connectivity index (χ3n) is 6.27. The average molecular weight is 685 g/mol. The number of guanidine groups is 4. The van der Waals surface area contributed by atoms with Crippen LogP contribution in [0.1, 0.15) is 25.7 Å². The zero-order valence-corrected chi connectivity index (χ0v) is 27.7. The van der Waals surface area contributed by atoms with Crippen molar-refractivity contribution in [3.05, 3.63) is 0 Å². The zero-order chi connectivity index (χ0) is 36.2. The van der Waals surface area contributed by atoms with E-state index in [9.17, 15) is 19.2 Å². The van der Waals surface area contributed by atoms with Crippen LogP contribution in [0.4, 0.5) is 0 Å². The number of carbonyl (C=O) groups is 4. The Morgan fingerprint density at radius 1 is 0.375 bits per heavy atom. The number of rotatable bonds is 27. The Hall–Kier alpha value is -5.12. The number of carbonyl (C=O) groups excluding carboxylic acids is 4. The molecule has 48 heavy (non-hydrogen) atoms. The van der Waals surface area contributed by atoms with Gasteiger partial charge in [-0.1, -0.05) is 0 Å². The molecule has 0 saturated carbocycles. The van der Waals surface area contributed by atoms with Crippen LogP contribution in [0.15, 0.2) is 20.0 Å². The largest absolute Gasteiger partial charge is 0.370 e. The SMILES string of the molecule is NC(N)=NCCNC(=O)CCN(CCC(=O)NCCN=C(N)N)CCN(CCC(=O)NCCN=C(N)N)CCC(=O)NCCN=C(N)N. The van der Waals surface area contributed by atoms with Gasteiger partial charge < -0.3 is 76.9 Å². The van der Waals surface area contributed by atoms with Crippen LogP contribution in [0.3, 0.4) is 0 Å². The van der Waals surface area contributed by atoms with E-state index in [2.05, 4.69) is 41.2 Å². The van der Waals surface area contributed by atoms with E-state index in [1.165, 1.54) is 0 Å². The van der Waals surface area contributed by atoms with E-state index in [1.54, 1.807) is 0 Å². The van der Waals surface area contributed by atoms with Crippen LogP contribution < -0.4 is 67.1 Å². The van der Waals surface area contributed by atoms with Crippen LogP contribution in [0.25, 0.3) is 0 Å². The molecule has 22 heteroatoms. The van der Waals surface area contributed by atoms with Gasteiger partial charge in [0.05, 0.1) is 26.2 Å². The minimum atomic E-state index is -0.209. The number of nitrogens with two attached hydrogens (primary N) is 8. The number of nitrogens with zero attached hydrogens (tertiary/aromatic N) is 6. The van der Waals surface area contributed by atoms with E-state index >= 15 is 0 Å². The highest BCUT2D eigenvalue weighted by Crippen LogP contribution is 2.01. The fourth-order valence-electron chi connectivity index (χ4n) is 3.87. The van der Waals surface area contributed by atoms with E-state index in [-0.39, 0.29) is 126 Å². The fraction of sp³-hybridized carbons (Fsp3) is 0.692. The minimum absolute atomic E-state index is 0.0663. The van der Waals surface area contributed by atoms with Crippen molar-refractivity contribution in [1.29, 1.82) is 0 Å². The number of amides is 4. The lowest BCUT2D eigenvalue weighted by Gasteiger charge is -2.27. The normalized spacial score (nSPS) is 10.5. The van der Waals surface area contributed by atoms with Gasteiger partial charge in [0.15, 0.2) is 23.8 Å². The van der Waals surface area contributed by atoms with Gasteiger partial charge >= 0.3 is 0 Å². The van der Waals surface area contributed by atoms with Gasteiger partial charge in [0.1, 0.15) is 0 Å². The molecule has 274 valence electrons. The van der Waals surface area contributed by atoms with E-state index in [0.29, 0.717) is 39.3 Å². The molecule has 0 saturated heterocycles. The van der Waals surface area contributed by atoms with Crippen molar-refractivity contribution < 1.29 is 19.2 Å². The molecule has 20 N–H and O–H groups in total. The van der Waals surface area contributed by atoms with Gasteiger partial charge in [-0.15, -0.1) is 0 Å². The van der Waals surface area contributed by atoms with E-state index < -0.39 is 0 Å². The average Bonchev–Trinajstić information content (AvgIpc) is 3.01. The lowest BCUT2D eigenvalue weighted by Crippen LogP contribution is -2.42. The van der Waals surface area contributed by atoms with E-state index in [0.717, 1.165) is 0 Å². The first kappa shape index (κ1) is 42.9. The molecule has 0 aromatic rings. The van der Waals surface area contributed by atoms with Crippen LogP contribution >= 0.6 is 0 Å². The van der Waals surface area contributed by atoms with Crippen molar-refractivity contribution in [3.8, 4) is 0 Å². The van der Waals surface area contributed by atoms with Crippen molar-refractivity contribution in [2.24, 2.45) is 65.8 Å². The Bertz CT molecular complexity index is 917. The first-order chi connectivity index (χ1) is 22.8. The number of aliphatic imine (C=N–C) groups is 4. The Labute approximate surface area is 281 Å². The lowest BCUT2D eigenvalue weighted by atomic mass is 10.2. The molecular formula is C26H56N18O4. The molecule has 0 aromatic carbocycles. The highest BCUT2D eigenvalue weighted by Gasteiger charge is 2.15. The highest BCUT2D eigenvalue weighted by molar-refractivity contribution is 5.79. The summed E-state index contributed by atoms with van der Waals surface area (Å²) in [6.45, 7) is 4.34. The summed E-state index contributed by atoms with van der Waals surface area (Å²) in [5, 5.41) is 11.0. The Kier molecular flexibility index (Phi) is 24.2. The van der Waals surface area contributed by atoms with E-state index in [4.69, 9.17) is 45.9 Å². The van der Waals surface area contributed by atoms with Crippen LogP contribution in [0, 0.1) is 0 Å². The Morgan fingerprint density at radius 2 is 0.583 bits per heavy atom. The number of hydrogen-bond acceptors (Lipinski definition) is 10. The second-order valence-electron chi connectivity index (χ2n) is 10.3. The van der Waals surface area contributed by atoms with Crippen molar-refractivity contribution in [3.63, 3.8) is 0 Å². The summed E-state index contributed by atoms with van der Waals surface area (Å²) < 4.78 is 0. The molecule has 0 fully saturated rings. The molecule has 0 aliphatic heterocycles. The molecular weight excluding hydrogens is 628 g/mol. The topological polar surface area (TPSA) is 380 Å². The van der Waals surface area contributed by atoms with Crippen LogP contribution in [-0.4, -0.2) is 149 Å². The maximum atomic E-state index is 12.4. The Balaban J connectivity index is 5.33. The maximum Gasteiger partial charge on any atom is 0.221 e. The van der Waals surface area contributed by atoms with Crippen LogP contribution in [0.2, 0.25) is 0 Å². The minimum Gasteiger partial charge on any atom is -0.370 e. The molecule has 0 aliphatic rings. The van der Waals surface area contributed by atoms with Crippen LogP contribution in [-0.2, 0) is 19.2 Å². The third kappa shape index (κ3) is 28.4. The van der Waals surface area contributed by atoms with Crippen molar-refractivity contribution in [2.45, 2.75) is 25.7 Å². The molecule has 0 radical (unpaired) electrons. The fourth-order valence-corrected chi connectivity index (χ4v) is 3.87. The first-order valence-electron chi connectivity index (χ1n) is 15.5. The summed E-state index contributed by atoms with van der Waals surface area (Å²) in [5.74, 6) is -1.10. The lowest BCUT2D eigenvalue weighted by molar-refractivity contribution is -0.123. The van der Waals surface area contributed by atoms with Crippen molar-refractivity contribution in [2.75, 3.05) is 91.6 Å². The molecule has 0 heterocycles. The molecule has 0 rings (SSSR count). The molecule has 22 nitrogen and oxygen atoms in total. The van der Waals surface area contributed by atoms with Gasteiger partial charge in [-0.25, -0.2) is 0 Å². The van der Waals surface area contributed by atoms with Gasteiger partial charge in [0.25, 0.3) is 0 Å². The molecule has 0 aliphatic carbocycles. The van der Waals surface area contributed by atoms with Gasteiger partial charge in [0, 0.05) is 91.1 Å². The summed E-state index contributed by atoms with van der Waals surface area (Å²) in [4.78, 5) is 69.0. The molecule has 0 bridgehead atoms. The van der Waals surface area contributed by atoms with Gasteiger partial charge in [-0.05, 0) is 0 Å². The number of nitrogens with one attached hydrogen (secondary N) is 4. The quantitative estimate of drug-likeness (QED) is 0.0217. The molecule has 0 aromatic heterocycles. The van der Waals surface area contributed by atoms with Gasteiger partial charge in [-0.2, -0.15) is 0 Å². The predicted molar refractivity (Wildman–Crippen MR) is 186 cm³/mol. The standard InChI is InChI=1S/C26H56N18O4/c27-23(28)39-9-5-35-19(45)1-13-43(14-2-20(46)36-6-10-40-24(29)30)17-18-44(15-3-21(47)37-7-11-41-25(31)32)16-4-22(48)38-8-12-42-26(33)34/h1-18H2,(H,35,45)(H,36,46)(H,37,47)(H,38,48)(H4,27,28,39)(H4,29,30,40)(H4,31,32,41)(H4,33,34,42). The number of hydrogen-bond donors (Lipinski definition) is 12. The predicted octanol–water partition coefficient (Wildman–Crippen LogP) is -7.29. The molecule has 0 spiro atoms. The third-order valence-corrected chi connectivity index (χ3v) is 6.27. The maximum absolute atomic E-state index is 12.4. The molecule has 0 atom stereocenters. The Morgan fingerprint density at radius 3 is 0.771 bits per heavy atom. The van der Waals surface area contributed by atoms with E-state index in [1.807, 2.05) is 9.80 Å². The van der Waals surface area contributed by atoms with Gasteiger partial charge in [-0.3, -0.25) is 39.1 Å². The zero-order valence-electron chi connectivity index (χ0n) is 27.7. The monoisotopic (exact) mass is 684 g/mol.